The maximum absolute atomic E-state index is 11.4. The van der Waals surface area contributed by atoms with Gasteiger partial charge in [-0.3, -0.25) is 4.98 Å². The standard InChI is InChI=1S/C14H14BrNO2/c1-14(2,3)11-7-9(13(17)18)8-5-4-6-10(15)12(8)16-11/h4-7H,1-3H3,(H,17,18). The molecule has 1 aromatic carbocycles. The highest BCUT2D eigenvalue weighted by Crippen LogP contribution is 2.29. The minimum Gasteiger partial charge on any atom is -0.478 e. The lowest BCUT2D eigenvalue weighted by atomic mass is 9.90. The average molecular weight is 308 g/mol. The molecule has 18 heavy (non-hydrogen) atoms. The van der Waals surface area contributed by atoms with Crippen LogP contribution in [0.3, 0.4) is 0 Å². The summed E-state index contributed by atoms with van der Waals surface area (Å²) in [5, 5.41) is 9.98. The van der Waals surface area contributed by atoms with Gasteiger partial charge in [0.25, 0.3) is 0 Å². The van der Waals surface area contributed by atoms with Crippen LogP contribution in [0.25, 0.3) is 10.9 Å². The summed E-state index contributed by atoms with van der Waals surface area (Å²) >= 11 is 3.43. The van der Waals surface area contributed by atoms with Gasteiger partial charge in [-0.15, -0.1) is 0 Å². The van der Waals surface area contributed by atoms with E-state index in [0.717, 1.165) is 10.2 Å². The van der Waals surface area contributed by atoms with Crippen molar-refractivity contribution in [3.8, 4) is 0 Å². The van der Waals surface area contributed by atoms with Crippen LogP contribution in [0.5, 0.6) is 0 Å². The molecule has 0 amide bonds. The highest BCUT2D eigenvalue weighted by Gasteiger charge is 2.20. The molecule has 4 heteroatoms. The van der Waals surface area contributed by atoms with E-state index in [1.165, 1.54) is 0 Å². The largest absolute Gasteiger partial charge is 0.478 e. The van der Waals surface area contributed by atoms with E-state index in [4.69, 9.17) is 0 Å². The molecular weight excluding hydrogens is 294 g/mol. The summed E-state index contributed by atoms with van der Waals surface area (Å²) in [5.74, 6) is -0.925. The summed E-state index contributed by atoms with van der Waals surface area (Å²) in [4.78, 5) is 15.9. The second-order valence-electron chi connectivity index (χ2n) is 5.25. The molecule has 0 saturated heterocycles. The predicted octanol–water partition coefficient (Wildman–Crippen LogP) is 3.99. The molecule has 0 unspecified atom stereocenters. The third-order valence-corrected chi connectivity index (χ3v) is 3.43. The van der Waals surface area contributed by atoms with E-state index in [1.54, 1.807) is 12.1 Å². The topological polar surface area (TPSA) is 50.2 Å². The number of hydrogen-bond acceptors (Lipinski definition) is 2. The van der Waals surface area contributed by atoms with Crippen molar-refractivity contribution in [2.75, 3.05) is 0 Å². The molecular formula is C14H14BrNO2. The van der Waals surface area contributed by atoms with Crippen LogP contribution in [0.4, 0.5) is 0 Å². The van der Waals surface area contributed by atoms with Gasteiger partial charge in [0.05, 0.1) is 11.1 Å². The average Bonchev–Trinajstić information content (AvgIpc) is 2.27. The molecule has 0 aliphatic carbocycles. The van der Waals surface area contributed by atoms with E-state index in [2.05, 4.69) is 20.9 Å². The number of nitrogens with zero attached hydrogens (tertiary/aromatic N) is 1. The molecule has 1 heterocycles. The first-order valence-corrected chi connectivity index (χ1v) is 6.43. The summed E-state index contributed by atoms with van der Waals surface area (Å²) in [7, 11) is 0. The van der Waals surface area contributed by atoms with E-state index in [0.29, 0.717) is 16.5 Å². The van der Waals surface area contributed by atoms with Gasteiger partial charge >= 0.3 is 5.97 Å². The molecule has 0 radical (unpaired) electrons. The Morgan fingerprint density at radius 2 is 2.00 bits per heavy atom. The number of carbonyl (C=O) groups is 1. The Hall–Kier alpha value is -1.42. The van der Waals surface area contributed by atoms with Crippen molar-refractivity contribution < 1.29 is 9.90 Å². The molecule has 0 spiro atoms. The van der Waals surface area contributed by atoms with Crippen molar-refractivity contribution in [3.05, 3.63) is 40.0 Å². The summed E-state index contributed by atoms with van der Waals surface area (Å²) in [5.41, 5.74) is 1.58. The highest BCUT2D eigenvalue weighted by atomic mass is 79.9. The first-order valence-electron chi connectivity index (χ1n) is 5.64. The second-order valence-corrected chi connectivity index (χ2v) is 6.10. The van der Waals surface area contributed by atoms with Crippen LogP contribution in [0, 0.1) is 0 Å². The molecule has 0 atom stereocenters. The van der Waals surface area contributed by atoms with Gasteiger partial charge < -0.3 is 5.11 Å². The minimum atomic E-state index is -0.925. The molecule has 1 aromatic heterocycles. The quantitative estimate of drug-likeness (QED) is 0.866. The third kappa shape index (κ3) is 2.25. The molecule has 0 bridgehead atoms. The lowest BCUT2D eigenvalue weighted by molar-refractivity contribution is 0.0699. The number of pyridine rings is 1. The highest BCUT2D eigenvalue weighted by molar-refractivity contribution is 9.10. The van der Waals surface area contributed by atoms with Crippen molar-refractivity contribution in [1.82, 2.24) is 4.98 Å². The Labute approximate surface area is 114 Å². The van der Waals surface area contributed by atoms with Crippen LogP contribution in [0.2, 0.25) is 0 Å². The van der Waals surface area contributed by atoms with Crippen LogP contribution < -0.4 is 0 Å². The number of benzene rings is 1. The maximum atomic E-state index is 11.4. The van der Waals surface area contributed by atoms with Gasteiger partial charge in [-0.2, -0.15) is 0 Å². The number of halogens is 1. The van der Waals surface area contributed by atoms with Gasteiger partial charge in [-0.1, -0.05) is 32.9 Å². The summed E-state index contributed by atoms with van der Waals surface area (Å²) in [6.45, 7) is 6.05. The molecule has 94 valence electrons. The van der Waals surface area contributed by atoms with E-state index in [-0.39, 0.29) is 5.41 Å². The number of fused-ring (bicyclic) bond motifs is 1. The summed E-state index contributed by atoms with van der Waals surface area (Å²) in [6, 6.07) is 7.13. The van der Waals surface area contributed by atoms with E-state index >= 15 is 0 Å². The Morgan fingerprint density at radius 1 is 1.33 bits per heavy atom. The number of hydrogen-bond donors (Lipinski definition) is 1. The molecule has 2 aromatic rings. The fourth-order valence-corrected chi connectivity index (χ4v) is 2.23. The minimum absolute atomic E-state index is 0.187. The van der Waals surface area contributed by atoms with E-state index in [9.17, 15) is 9.90 Å². The van der Waals surface area contributed by atoms with Crippen molar-refractivity contribution in [2.45, 2.75) is 26.2 Å². The Bertz CT molecular complexity index is 629. The van der Waals surface area contributed by atoms with E-state index in [1.807, 2.05) is 32.9 Å². The van der Waals surface area contributed by atoms with Crippen molar-refractivity contribution in [2.24, 2.45) is 0 Å². The first-order chi connectivity index (χ1) is 8.30. The van der Waals surface area contributed by atoms with Crippen LogP contribution in [0.1, 0.15) is 36.8 Å². The van der Waals surface area contributed by atoms with Crippen LogP contribution in [-0.2, 0) is 5.41 Å². The molecule has 1 N–H and O–H groups in total. The Kier molecular flexibility index (Phi) is 3.15. The number of aromatic nitrogens is 1. The second kappa shape index (κ2) is 4.35. The zero-order valence-corrected chi connectivity index (χ0v) is 12.1. The lowest BCUT2D eigenvalue weighted by Gasteiger charge is -2.19. The van der Waals surface area contributed by atoms with Gasteiger partial charge in [-0.25, -0.2) is 4.79 Å². The smallest absolute Gasteiger partial charge is 0.336 e. The van der Waals surface area contributed by atoms with Crippen LogP contribution >= 0.6 is 15.9 Å². The number of para-hydroxylation sites is 1. The number of carboxylic acids is 1. The van der Waals surface area contributed by atoms with Gasteiger partial charge in [0.2, 0.25) is 0 Å². The van der Waals surface area contributed by atoms with Crippen molar-refractivity contribution >= 4 is 32.8 Å². The Balaban J connectivity index is 2.88. The van der Waals surface area contributed by atoms with Crippen molar-refractivity contribution in [3.63, 3.8) is 0 Å². The lowest BCUT2D eigenvalue weighted by Crippen LogP contribution is -2.15. The maximum Gasteiger partial charge on any atom is 0.336 e. The number of rotatable bonds is 1. The van der Waals surface area contributed by atoms with Gasteiger partial charge in [-0.05, 0) is 28.1 Å². The predicted molar refractivity (Wildman–Crippen MR) is 75.1 cm³/mol. The molecule has 2 rings (SSSR count). The van der Waals surface area contributed by atoms with Gasteiger partial charge in [0.1, 0.15) is 0 Å². The fraction of sp³-hybridized carbons (Fsp3) is 0.286. The van der Waals surface area contributed by atoms with Crippen LogP contribution in [-0.4, -0.2) is 16.1 Å². The zero-order valence-electron chi connectivity index (χ0n) is 10.5. The third-order valence-electron chi connectivity index (χ3n) is 2.79. The van der Waals surface area contributed by atoms with Gasteiger partial charge in [0.15, 0.2) is 0 Å². The molecule has 0 aliphatic rings. The van der Waals surface area contributed by atoms with Gasteiger partial charge in [0, 0.05) is 21.0 Å². The molecule has 0 fully saturated rings. The molecule has 0 aliphatic heterocycles. The first kappa shape index (κ1) is 13.0. The zero-order chi connectivity index (χ0) is 13.5. The monoisotopic (exact) mass is 307 g/mol. The fourth-order valence-electron chi connectivity index (χ4n) is 1.77. The molecule has 3 nitrogen and oxygen atoms in total. The Morgan fingerprint density at radius 3 is 2.56 bits per heavy atom. The number of carboxylic acid groups (broad SMARTS) is 1. The van der Waals surface area contributed by atoms with E-state index < -0.39 is 5.97 Å². The summed E-state index contributed by atoms with van der Waals surface area (Å²) in [6.07, 6.45) is 0. The summed E-state index contributed by atoms with van der Waals surface area (Å²) < 4.78 is 0.814. The van der Waals surface area contributed by atoms with Crippen molar-refractivity contribution in [1.29, 1.82) is 0 Å². The normalized spacial score (nSPS) is 11.8. The SMILES string of the molecule is CC(C)(C)c1cc(C(=O)O)c2cccc(Br)c2n1. The molecule has 0 saturated carbocycles. The van der Waals surface area contributed by atoms with Crippen LogP contribution in [0.15, 0.2) is 28.7 Å². The number of aromatic carboxylic acids is 1.